The number of rotatable bonds is 2. The van der Waals surface area contributed by atoms with Gasteiger partial charge < -0.3 is 5.11 Å². The predicted molar refractivity (Wildman–Crippen MR) is 43.8 cm³/mol. The molecule has 0 spiro atoms. The summed E-state index contributed by atoms with van der Waals surface area (Å²) >= 11 is 2.55. The lowest BCUT2D eigenvalue weighted by Crippen LogP contribution is -2.05. The molecule has 76 valence electrons. The molecule has 7 heteroatoms. The van der Waals surface area contributed by atoms with Gasteiger partial charge in [0, 0.05) is 0 Å². The molecule has 0 fully saturated rings. The van der Waals surface area contributed by atoms with Crippen LogP contribution in [0.3, 0.4) is 0 Å². The maximum atomic E-state index is 13.0. The zero-order chi connectivity index (χ0) is 10.9. The number of aromatic carboxylic acids is 1. The first-order valence-corrected chi connectivity index (χ1v) is 4.10. The molecule has 0 unspecified atom stereocenters. The molecule has 1 aromatic heterocycles. The minimum atomic E-state index is -2.94. The molecule has 0 saturated heterocycles. The molecule has 0 aliphatic rings. The monoisotopic (exact) mass is 269 g/mol. The van der Waals surface area contributed by atoms with Crippen LogP contribution in [0.5, 0.6) is 0 Å². The van der Waals surface area contributed by atoms with E-state index in [2.05, 4.69) is 20.9 Å². The highest BCUT2D eigenvalue weighted by atomic mass is 79.9. The number of hydrogen-bond donors (Lipinski definition) is 1. The van der Waals surface area contributed by atoms with Gasteiger partial charge in [0.15, 0.2) is 5.82 Å². The van der Waals surface area contributed by atoms with Crippen molar-refractivity contribution < 1.29 is 23.1 Å². The van der Waals surface area contributed by atoms with E-state index in [1.54, 1.807) is 0 Å². The minimum absolute atomic E-state index is 0.507. The number of hydrogen-bond acceptors (Lipinski definition) is 2. The fraction of sp³-hybridized carbons (Fsp3) is 0.143. The lowest BCUT2D eigenvalue weighted by atomic mass is 10.2. The summed E-state index contributed by atoms with van der Waals surface area (Å²) in [4.78, 5) is 13.6. The molecule has 0 aromatic carbocycles. The van der Waals surface area contributed by atoms with E-state index in [1.807, 2.05) is 0 Å². The molecular weight excluding hydrogens is 267 g/mol. The van der Waals surface area contributed by atoms with Crippen molar-refractivity contribution in [3.05, 3.63) is 27.7 Å². The second-order valence-electron chi connectivity index (χ2n) is 2.31. The molecule has 0 aliphatic heterocycles. The van der Waals surface area contributed by atoms with Crippen molar-refractivity contribution in [2.24, 2.45) is 0 Å². The van der Waals surface area contributed by atoms with Crippen molar-refractivity contribution in [3.8, 4) is 0 Å². The summed E-state index contributed by atoms with van der Waals surface area (Å²) in [5.74, 6) is -2.78. The molecule has 0 amide bonds. The van der Waals surface area contributed by atoms with E-state index in [0.717, 1.165) is 0 Å². The Labute approximate surface area is 84.7 Å². The molecule has 0 aliphatic carbocycles. The van der Waals surface area contributed by atoms with Gasteiger partial charge in [-0.2, -0.15) is 0 Å². The van der Waals surface area contributed by atoms with Gasteiger partial charge in [-0.3, -0.25) is 0 Å². The maximum absolute atomic E-state index is 13.0. The average Bonchev–Trinajstić information content (AvgIpc) is 2.08. The molecular formula is C7H3BrF3NO2. The van der Waals surface area contributed by atoms with Crippen LogP contribution in [0, 0.1) is 5.82 Å². The molecule has 1 N–H and O–H groups in total. The Morgan fingerprint density at radius 2 is 2.14 bits per heavy atom. The topological polar surface area (TPSA) is 50.2 Å². The number of alkyl halides is 2. The summed E-state index contributed by atoms with van der Waals surface area (Å²) in [6, 6.07) is 0.507. The third-order valence-electron chi connectivity index (χ3n) is 1.39. The highest BCUT2D eigenvalue weighted by Crippen LogP contribution is 2.23. The van der Waals surface area contributed by atoms with Crippen molar-refractivity contribution in [1.82, 2.24) is 4.98 Å². The normalized spacial score (nSPS) is 10.6. The van der Waals surface area contributed by atoms with Gasteiger partial charge in [-0.15, -0.1) is 0 Å². The van der Waals surface area contributed by atoms with Crippen LogP contribution >= 0.6 is 15.9 Å². The van der Waals surface area contributed by atoms with E-state index in [4.69, 9.17) is 5.11 Å². The Kier molecular flexibility index (Phi) is 3.10. The summed E-state index contributed by atoms with van der Waals surface area (Å²) in [6.45, 7) is 0. The highest BCUT2D eigenvalue weighted by Gasteiger charge is 2.20. The third-order valence-corrected chi connectivity index (χ3v) is 1.92. The zero-order valence-corrected chi connectivity index (χ0v) is 8.06. The summed E-state index contributed by atoms with van der Waals surface area (Å²) in [5.41, 5.74) is -1.61. The molecule has 1 rings (SSSR count). The fourth-order valence-corrected chi connectivity index (χ4v) is 1.20. The lowest BCUT2D eigenvalue weighted by Gasteiger charge is -2.03. The molecule has 0 atom stereocenters. The van der Waals surface area contributed by atoms with Gasteiger partial charge in [-0.25, -0.2) is 22.9 Å². The van der Waals surface area contributed by atoms with Crippen LogP contribution in [0.4, 0.5) is 13.2 Å². The second kappa shape index (κ2) is 3.95. The third kappa shape index (κ3) is 2.03. The summed E-state index contributed by atoms with van der Waals surface area (Å²) in [6.07, 6.45) is -2.94. The summed E-state index contributed by atoms with van der Waals surface area (Å²) in [5, 5.41) is 8.46. The van der Waals surface area contributed by atoms with Crippen LogP contribution in [0.25, 0.3) is 0 Å². The van der Waals surface area contributed by atoms with Crippen LogP contribution in [0.2, 0.25) is 0 Å². The van der Waals surface area contributed by atoms with Crippen LogP contribution in [0.15, 0.2) is 10.7 Å². The van der Waals surface area contributed by atoms with E-state index in [0.29, 0.717) is 6.07 Å². The molecule has 14 heavy (non-hydrogen) atoms. The molecule has 1 aromatic rings. The van der Waals surface area contributed by atoms with E-state index in [9.17, 15) is 18.0 Å². The second-order valence-corrected chi connectivity index (χ2v) is 3.06. The van der Waals surface area contributed by atoms with Crippen molar-refractivity contribution >= 4 is 21.9 Å². The Morgan fingerprint density at radius 3 is 2.57 bits per heavy atom. The lowest BCUT2D eigenvalue weighted by molar-refractivity contribution is 0.0690. The van der Waals surface area contributed by atoms with Crippen molar-refractivity contribution in [3.63, 3.8) is 0 Å². The first-order chi connectivity index (χ1) is 6.43. The Hall–Kier alpha value is -1.11. The van der Waals surface area contributed by atoms with Crippen molar-refractivity contribution in [2.75, 3.05) is 0 Å². The quantitative estimate of drug-likeness (QED) is 0.840. The SMILES string of the molecule is O=C(O)c1cc(C(F)F)nc(Br)c1F. The van der Waals surface area contributed by atoms with Crippen LogP contribution < -0.4 is 0 Å². The van der Waals surface area contributed by atoms with Gasteiger partial charge in [0.1, 0.15) is 10.3 Å². The van der Waals surface area contributed by atoms with Gasteiger partial charge in [0.25, 0.3) is 6.43 Å². The van der Waals surface area contributed by atoms with Gasteiger partial charge in [-0.1, -0.05) is 0 Å². The first-order valence-electron chi connectivity index (χ1n) is 3.31. The Morgan fingerprint density at radius 1 is 1.57 bits per heavy atom. The summed E-state index contributed by atoms with van der Waals surface area (Å²) < 4.78 is 36.7. The average molecular weight is 270 g/mol. The van der Waals surface area contributed by atoms with Gasteiger partial charge >= 0.3 is 5.97 Å². The number of carboxylic acid groups (broad SMARTS) is 1. The number of halogens is 4. The van der Waals surface area contributed by atoms with Crippen LogP contribution in [0.1, 0.15) is 22.5 Å². The van der Waals surface area contributed by atoms with E-state index < -0.39 is 34.1 Å². The number of nitrogens with zero attached hydrogens (tertiary/aromatic N) is 1. The molecule has 0 saturated carbocycles. The van der Waals surface area contributed by atoms with Gasteiger partial charge in [0.2, 0.25) is 0 Å². The fourth-order valence-electron chi connectivity index (χ4n) is 0.784. The van der Waals surface area contributed by atoms with Crippen LogP contribution in [-0.2, 0) is 0 Å². The van der Waals surface area contributed by atoms with Crippen molar-refractivity contribution in [1.29, 1.82) is 0 Å². The van der Waals surface area contributed by atoms with Crippen molar-refractivity contribution in [2.45, 2.75) is 6.43 Å². The molecule has 0 bridgehead atoms. The number of pyridine rings is 1. The summed E-state index contributed by atoms with van der Waals surface area (Å²) in [7, 11) is 0. The zero-order valence-electron chi connectivity index (χ0n) is 6.47. The molecule has 1 heterocycles. The van der Waals surface area contributed by atoms with E-state index in [1.165, 1.54) is 0 Å². The number of carboxylic acids is 1. The molecule has 0 radical (unpaired) electrons. The highest BCUT2D eigenvalue weighted by molar-refractivity contribution is 9.10. The van der Waals surface area contributed by atoms with E-state index in [-0.39, 0.29) is 0 Å². The van der Waals surface area contributed by atoms with Gasteiger partial charge in [0.05, 0.1) is 5.56 Å². The smallest absolute Gasteiger partial charge is 0.338 e. The number of carbonyl (C=O) groups is 1. The van der Waals surface area contributed by atoms with Crippen LogP contribution in [-0.4, -0.2) is 16.1 Å². The standard InChI is InChI=1S/C7H3BrF3NO2/c8-5-4(9)2(7(13)14)1-3(12-5)6(10)11/h1,6H,(H,13,14). The maximum Gasteiger partial charge on any atom is 0.338 e. The Bertz CT molecular complexity index is 383. The van der Waals surface area contributed by atoms with E-state index >= 15 is 0 Å². The predicted octanol–water partition coefficient (Wildman–Crippen LogP) is 2.62. The Balaban J connectivity index is 3.35. The molecule has 3 nitrogen and oxygen atoms in total. The number of aromatic nitrogens is 1. The van der Waals surface area contributed by atoms with Gasteiger partial charge in [-0.05, 0) is 22.0 Å². The first kappa shape index (κ1) is 11.0. The minimum Gasteiger partial charge on any atom is -0.478 e. The largest absolute Gasteiger partial charge is 0.478 e.